The monoisotopic (exact) mass is 554 g/mol. The van der Waals surface area contributed by atoms with Gasteiger partial charge in [0.2, 0.25) is 0 Å². The summed E-state index contributed by atoms with van der Waals surface area (Å²) in [6, 6.07) is 37.8. The molecular weight excluding hydrogens is 520 g/mol. The normalized spacial score (nSPS) is 20.3. The highest BCUT2D eigenvalue weighted by atomic mass is 14.7. The minimum Gasteiger partial charge on any atom is -0.354 e. The molecule has 1 aliphatic rings. The summed E-state index contributed by atoms with van der Waals surface area (Å²) in [6.45, 7) is 11.1. The number of fused-ring (bicyclic) bond motifs is 10. The number of allylic oxidation sites excluding steroid dienone is 5. The summed E-state index contributed by atoms with van der Waals surface area (Å²) >= 11 is 0. The highest BCUT2D eigenvalue weighted by Crippen LogP contribution is 2.59. The molecule has 2 unspecified atom stereocenters. The van der Waals surface area contributed by atoms with Gasteiger partial charge in [-0.3, -0.25) is 0 Å². The molecule has 2 N–H and O–H groups in total. The molecule has 2 atom stereocenters. The van der Waals surface area contributed by atoms with E-state index in [9.17, 15) is 0 Å². The summed E-state index contributed by atoms with van der Waals surface area (Å²) in [5, 5.41) is 5.02. The van der Waals surface area contributed by atoms with Gasteiger partial charge in [0.15, 0.2) is 0 Å². The van der Waals surface area contributed by atoms with Crippen molar-refractivity contribution in [1.29, 1.82) is 0 Å². The van der Waals surface area contributed by atoms with Crippen LogP contribution in [-0.4, -0.2) is 9.97 Å². The van der Waals surface area contributed by atoms with Crippen LogP contribution in [0.25, 0.3) is 43.6 Å². The Balaban J connectivity index is 1.64. The Morgan fingerprint density at radius 3 is 1.79 bits per heavy atom. The molecule has 5 aromatic carbocycles. The third-order valence-electron chi connectivity index (χ3n) is 10.0. The number of hydrogen-bond donors (Lipinski definition) is 2. The third kappa shape index (κ3) is 3.29. The zero-order valence-electron chi connectivity index (χ0n) is 24.8. The van der Waals surface area contributed by atoms with Crippen LogP contribution in [0.3, 0.4) is 0 Å². The number of nitrogens with one attached hydrogen (secondary N) is 2. The van der Waals surface area contributed by atoms with Crippen LogP contribution >= 0.6 is 0 Å². The molecular formula is C41H34N2. The van der Waals surface area contributed by atoms with Crippen molar-refractivity contribution in [2.75, 3.05) is 0 Å². The highest BCUT2D eigenvalue weighted by molar-refractivity contribution is 6.12. The van der Waals surface area contributed by atoms with Crippen LogP contribution in [0.2, 0.25) is 0 Å². The average molecular weight is 555 g/mol. The summed E-state index contributed by atoms with van der Waals surface area (Å²) in [4.78, 5) is 7.79. The van der Waals surface area contributed by atoms with Gasteiger partial charge < -0.3 is 9.97 Å². The standard InChI is InChI=1S/C41H34N2/c1-5-14-26(15-6-2)40(3)32-24-22-31-29-19-11-13-21-35(29)43-39(31)37(32)41(4,27-16-8-7-9-17-27)33-25-23-30-28-18-10-12-20-34(28)42-38(30)36(33)40/h5-25,42-43H,1H2,2-4H3/b15-6-,26-14+. The van der Waals surface area contributed by atoms with Crippen molar-refractivity contribution in [1.82, 2.24) is 9.97 Å². The zero-order valence-corrected chi connectivity index (χ0v) is 24.8. The molecule has 2 heterocycles. The van der Waals surface area contributed by atoms with Crippen LogP contribution in [0.1, 0.15) is 48.6 Å². The van der Waals surface area contributed by atoms with Gasteiger partial charge in [0.1, 0.15) is 0 Å². The van der Waals surface area contributed by atoms with Gasteiger partial charge in [-0.2, -0.15) is 0 Å². The van der Waals surface area contributed by atoms with Crippen molar-refractivity contribution in [2.45, 2.75) is 31.6 Å². The van der Waals surface area contributed by atoms with E-state index < -0.39 is 10.8 Å². The van der Waals surface area contributed by atoms with Crippen molar-refractivity contribution >= 4 is 43.6 Å². The minimum atomic E-state index is -0.467. The van der Waals surface area contributed by atoms with Crippen LogP contribution < -0.4 is 0 Å². The number of aromatic nitrogens is 2. The Hall–Kier alpha value is -5.08. The van der Waals surface area contributed by atoms with Crippen molar-refractivity contribution in [3.8, 4) is 0 Å². The van der Waals surface area contributed by atoms with Crippen LogP contribution in [0.15, 0.2) is 140 Å². The van der Waals surface area contributed by atoms with Crippen LogP contribution in [0.5, 0.6) is 0 Å². The summed E-state index contributed by atoms with van der Waals surface area (Å²) in [6.07, 6.45) is 8.53. The number of benzene rings is 5. The molecule has 2 heteroatoms. The zero-order chi connectivity index (χ0) is 29.3. The first-order valence-electron chi connectivity index (χ1n) is 15.1. The lowest BCUT2D eigenvalue weighted by Gasteiger charge is -2.48. The Morgan fingerprint density at radius 1 is 0.628 bits per heavy atom. The summed E-state index contributed by atoms with van der Waals surface area (Å²) in [5.41, 5.74) is 11.6. The Bertz CT molecular complexity index is 2290. The van der Waals surface area contributed by atoms with Gasteiger partial charge in [-0.15, -0.1) is 0 Å². The quantitative estimate of drug-likeness (QED) is 0.203. The average Bonchev–Trinajstić information content (AvgIpc) is 3.62. The number of hydrogen-bond acceptors (Lipinski definition) is 0. The van der Waals surface area contributed by atoms with Gasteiger partial charge in [0.25, 0.3) is 0 Å². The van der Waals surface area contributed by atoms with Crippen LogP contribution in [-0.2, 0) is 10.8 Å². The molecule has 0 aliphatic heterocycles. The predicted octanol–water partition coefficient (Wildman–Crippen LogP) is 10.6. The Morgan fingerprint density at radius 2 is 1.19 bits per heavy atom. The lowest BCUT2D eigenvalue weighted by atomic mass is 9.54. The third-order valence-corrected chi connectivity index (χ3v) is 10.0. The van der Waals surface area contributed by atoms with Gasteiger partial charge in [0, 0.05) is 43.4 Å². The summed E-state index contributed by atoms with van der Waals surface area (Å²) in [5.74, 6) is 0. The molecule has 0 saturated carbocycles. The van der Waals surface area contributed by atoms with E-state index in [4.69, 9.17) is 0 Å². The maximum absolute atomic E-state index is 4.15. The number of H-pyrrole nitrogens is 2. The van der Waals surface area contributed by atoms with Gasteiger partial charge in [-0.05, 0) is 66.3 Å². The van der Waals surface area contributed by atoms with Crippen molar-refractivity contribution in [3.63, 3.8) is 0 Å². The van der Waals surface area contributed by atoms with Gasteiger partial charge >= 0.3 is 0 Å². The molecule has 0 fully saturated rings. The maximum Gasteiger partial charge on any atom is 0.0513 e. The fraction of sp³-hybridized carbons (Fsp3) is 0.122. The van der Waals surface area contributed by atoms with E-state index in [0.29, 0.717) is 0 Å². The number of rotatable bonds is 4. The molecule has 0 spiro atoms. The molecule has 0 radical (unpaired) electrons. The van der Waals surface area contributed by atoms with E-state index in [2.05, 4.69) is 159 Å². The van der Waals surface area contributed by atoms with E-state index in [-0.39, 0.29) is 0 Å². The smallest absolute Gasteiger partial charge is 0.0513 e. The largest absolute Gasteiger partial charge is 0.354 e. The minimum absolute atomic E-state index is 0.424. The van der Waals surface area contributed by atoms with Crippen molar-refractivity contribution < 1.29 is 0 Å². The van der Waals surface area contributed by atoms with E-state index >= 15 is 0 Å². The van der Waals surface area contributed by atoms with Gasteiger partial charge in [-0.25, -0.2) is 0 Å². The summed E-state index contributed by atoms with van der Waals surface area (Å²) in [7, 11) is 0. The molecule has 208 valence electrons. The molecule has 0 amide bonds. The van der Waals surface area contributed by atoms with E-state index in [1.54, 1.807) is 0 Å². The first-order valence-corrected chi connectivity index (χ1v) is 15.1. The molecule has 0 bridgehead atoms. The second-order valence-electron chi connectivity index (χ2n) is 12.1. The molecule has 2 aromatic heterocycles. The molecule has 43 heavy (non-hydrogen) atoms. The molecule has 1 aliphatic carbocycles. The SMILES string of the molecule is C=C/C=C(\C=C/C)C1(C)c2ccc3c([nH]c4ccccc43)c2C(C)(c2ccccc2)c2ccc3c([nH]c4ccccc43)c21. The molecule has 8 rings (SSSR count). The fourth-order valence-corrected chi connectivity index (χ4v) is 8.05. The van der Waals surface area contributed by atoms with E-state index in [0.717, 1.165) is 11.0 Å². The Labute approximate surface area is 252 Å². The number of para-hydroxylation sites is 2. The lowest BCUT2D eigenvalue weighted by Crippen LogP contribution is -2.42. The lowest BCUT2D eigenvalue weighted by molar-refractivity contribution is 0.574. The molecule has 2 nitrogen and oxygen atoms in total. The fourth-order valence-electron chi connectivity index (χ4n) is 8.05. The topological polar surface area (TPSA) is 31.6 Å². The van der Waals surface area contributed by atoms with Crippen LogP contribution in [0.4, 0.5) is 0 Å². The van der Waals surface area contributed by atoms with Gasteiger partial charge in [0.05, 0.1) is 11.0 Å². The first kappa shape index (κ1) is 25.6. The van der Waals surface area contributed by atoms with Crippen LogP contribution in [0, 0.1) is 0 Å². The number of aromatic amines is 2. The predicted molar refractivity (Wildman–Crippen MR) is 183 cm³/mol. The van der Waals surface area contributed by atoms with E-state index in [1.165, 1.54) is 66.0 Å². The highest BCUT2D eigenvalue weighted by Gasteiger charge is 2.50. The van der Waals surface area contributed by atoms with Crippen molar-refractivity contribution in [3.05, 3.63) is 167 Å². The summed E-state index contributed by atoms with van der Waals surface area (Å²) < 4.78 is 0. The maximum atomic E-state index is 4.15. The first-order chi connectivity index (χ1) is 21.0. The second kappa shape index (κ2) is 9.21. The van der Waals surface area contributed by atoms with Crippen molar-refractivity contribution in [2.24, 2.45) is 0 Å². The second-order valence-corrected chi connectivity index (χ2v) is 12.1. The molecule has 0 saturated heterocycles. The van der Waals surface area contributed by atoms with E-state index in [1.807, 2.05) is 6.08 Å². The molecule has 7 aromatic rings. The van der Waals surface area contributed by atoms with Gasteiger partial charge in [-0.1, -0.05) is 122 Å². The Kier molecular flexibility index (Phi) is 5.49.